The quantitative estimate of drug-likeness (QED) is 0.884. The number of hydrogen-bond acceptors (Lipinski definition) is 3. The van der Waals surface area contributed by atoms with Gasteiger partial charge in [0.25, 0.3) is 0 Å². The molecule has 1 aromatic heterocycles. The molecule has 1 unspecified atom stereocenters. The molecule has 1 atom stereocenters. The fraction of sp³-hybridized carbons (Fsp3) is 0.312. The first-order valence-corrected chi connectivity index (χ1v) is 7.13. The molecule has 1 N–H and O–H groups in total. The highest BCUT2D eigenvalue weighted by molar-refractivity contribution is 5.21. The number of aromatic nitrogens is 1. The zero-order chi connectivity index (χ0) is 15.5. The lowest BCUT2D eigenvalue weighted by atomic mass is 10.0. The van der Waals surface area contributed by atoms with Gasteiger partial charge < -0.3 is 5.32 Å². The molecule has 2 aromatic rings. The summed E-state index contributed by atoms with van der Waals surface area (Å²) >= 11 is 0. The summed E-state index contributed by atoms with van der Waals surface area (Å²) in [5.41, 5.74) is 1.52. The fourth-order valence-electron chi connectivity index (χ4n) is 2.78. The number of benzene rings is 1. The molecule has 1 saturated heterocycles. The number of hydrogen-bond donors (Lipinski definition) is 1. The van der Waals surface area contributed by atoms with Crippen LogP contribution in [0, 0.1) is 17.5 Å². The van der Waals surface area contributed by atoms with Crippen LogP contribution in [0.1, 0.15) is 17.2 Å². The molecular formula is C16H16F3N3. The summed E-state index contributed by atoms with van der Waals surface area (Å²) in [6.45, 7) is 2.65. The van der Waals surface area contributed by atoms with Crippen molar-refractivity contribution in [3.8, 4) is 0 Å². The van der Waals surface area contributed by atoms with Crippen LogP contribution in [0.2, 0.25) is 0 Å². The molecule has 0 saturated carbocycles. The largest absolute Gasteiger partial charge is 0.314 e. The number of nitrogens with one attached hydrogen (secondary N) is 1. The second-order valence-electron chi connectivity index (χ2n) is 5.34. The minimum atomic E-state index is -1.42. The maximum absolute atomic E-state index is 13.4. The third-order valence-corrected chi connectivity index (χ3v) is 3.87. The van der Waals surface area contributed by atoms with E-state index in [-0.39, 0.29) is 6.04 Å². The van der Waals surface area contributed by atoms with Crippen LogP contribution in [-0.4, -0.2) is 29.5 Å². The summed E-state index contributed by atoms with van der Waals surface area (Å²) in [6.07, 6.45) is 3.44. The van der Waals surface area contributed by atoms with E-state index in [9.17, 15) is 13.2 Å². The lowest BCUT2D eigenvalue weighted by molar-refractivity contribution is 0.153. The number of pyridine rings is 1. The third kappa shape index (κ3) is 3.13. The molecule has 0 aliphatic carbocycles. The predicted molar refractivity (Wildman–Crippen MR) is 76.6 cm³/mol. The van der Waals surface area contributed by atoms with Crippen molar-refractivity contribution in [2.75, 3.05) is 19.6 Å². The van der Waals surface area contributed by atoms with Gasteiger partial charge in [0.15, 0.2) is 17.5 Å². The number of piperazine rings is 1. The first-order valence-electron chi connectivity index (χ1n) is 7.13. The van der Waals surface area contributed by atoms with Crippen LogP contribution in [0.4, 0.5) is 13.2 Å². The molecule has 3 rings (SSSR count). The van der Waals surface area contributed by atoms with E-state index in [1.807, 2.05) is 12.1 Å². The van der Waals surface area contributed by atoms with Gasteiger partial charge in [0, 0.05) is 44.6 Å². The van der Waals surface area contributed by atoms with Gasteiger partial charge in [0.2, 0.25) is 0 Å². The van der Waals surface area contributed by atoms with Gasteiger partial charge in [-0.2, -0.15) is 0 Å². The molecule has 0 radical (unpaired) electrons. The molecule has 2 heterocycles. The van der Waals surface area contributed by atoms with Crippen molar-refractivity contribution in [1.82, 2.24) is 15.2 Å². The smallest absolute Gasteiger partial charge is 0.194 e. The third-order valence-electron chi connectivity index (χ3n) is 3.87. The molecule has 1 aliphatic heterocycles. The van der Waals surface area contributed by atoms with E-state index in [0.29, 0.717) is 12.1 Å². The van der Waals surface area contributed by atoms with E-state index in [1.54, 1.807) is 12.4 Å². The lowest BCUT2D eigenvalue weighted by Gasteiger charge is -2.36. The molecule has 6 heteroatoms. The van der Waals surface area contributed by atoms with Crippen LogP contribution in [-0.2, 0) is 6.54 Å². The van der Waals surface area contributed by atoms with E-state index in [4.69, 9.17) is 0 Å². The standard InChI is InChI=1S/C16H16F3N3/c17-13-7-11(8-14(18)16(13)19)10-22-6-5-21-9-15(22)12-1-3-20-4-2-12/h1-4,7-8,15,21H,5-6,9-10H2. The zero-order valence-electron chi connectivity index (χ0n) is 11.9. The topological polar surface area (TPSA) is 28.2 Å². The Labute approximate surface area is 126 Å². The average Bonchev–Trinajstić information content (AvgIpc) is 2.54. The van der Waals surface area contributed by atoms with Gasteiger partial charge in [0.1, 0.15) is 0 Å². The van der Waals surface area contributed by atoms with Gasteiger partial charge in [-0.3, -0.25) is 9.88 Å². The SMILES string of the molecule is Fc1cc(CN2CCNCC2c2ccncc2)cc(F)c1F. The number of rotatable bonds is 3. The second kappa shape index (κ2) is 6.46. The predicted octanol–water partition coefficient (Wildman–Crippen LogP) is 2.65. The fourth-order valence-corrected chi connectivity index (χ4v) is 2.78. The van der Waals surface area contributed by atoms with E-state index in [0.717, 1.165) is 37.3 Å². The Balaban J connectivity index is 1.83. The lowest BCUT2D eigenvalue weighted by Crippen LogP contribution is -2.45. The molecular weight excluding hydrogens is 291 g/mol. The highest BCUT2D eigenvalue weighted by Gasteiger charge is 2.24. The van der Waals surface area contributed by atoms with Crippen LogP contribution < -0.4 is 5.32 Å². The van der Waals surface area contributed by atoms with Crippen LogP contribution in [0.25, 0.3) is 0 Å². The summed E-state index contributed by atoms with van der Waals surface area (Å²) in [6, 6.07) is 6.06. The van der Waals surface area contributed by atoms with Gasteiger partial charge in [-0.05, 0) is 35.4 Å². The van der Waals surface area contributed by atoms with E-state index >= 15 is 0 Å². The summed E-state index contributed by atoms with van der Waals surface area (Å²) in [5, 5.41) is 3.31. The van der Waals surface area contributed by atoms with E-state index in [2.05, 4.69) is 15.2 Å². The van der Waals surface area contributed by atoms with Gasteiger partial charge in [-0.15, -0.1) is 0 Å². The van der Waals surface area contributed by atoms with Crippen LogP contribution >= 0.6 is 0 Å². The van der Waals surface area contributed by atoms with Crippen molar-refractivity contribution in [3.05, 3.63) is 65.2 Å². The summed E-state index contributed by atoms with van der Waals surface area (Å²) in [5.74, 6) is -3.72. The molecule has 116 valence electrons. The molecule has 22 heavy (non-hydrogen) atoms. The van der Waals surface area contributed by atoms with Crippen molar-refractivity contribution < 1.29 is 13.2 Å². The van der Waals surface area contributed by atoms with Crippen molar-refractivity contribution in [2.24, 2.45) is 0 Å². The molecule has 0 spiro atoms. The maximum atomic E-state index is 13.4. The highest BCUT2D eigenvalue weighted by Crippen LogP contribution is 2.24. The highest BCUT2D eigenvalue weighted by atomic mass is 19.2. The zero-order valence-corrected chi connectivity index (χ0v) is 11.9. The van der Waals surface area contributed by atoms with Crippen LogP contribution in [0.5, 0.6) is 0 Å². The number of nitrogens with zero attached hydrogens (tertiary/aromatic N) is 2. The first-order chi connectivity index (χ1) is 10.6. The van der Waals surface area contributed by atoms with E-state index < -0.39 is 17.5 Å². The normalized spacial score (nSPS) is 19.3. The summed E-state index contributed by atoms with van der Waals surface area (Å²) in [4.78, 5) is 6.13. The Hall–Kier alpha value is -1.92. The average molecular weight is 307 g/mol. The molecule has 1 aromatic carbocycles. The summed E-state index contributed by atoms with van der Waals surface area (Å²) in [7, 11) is 0. The van der Waals surface area contributed by atoms with Crippen molar-refractivity contribution in [3.63, 3.8) is 0 Å². The molecule has 0 amide bonds. The van der Waals surface area contributed by atoms with Gasteiger partial charge in [0.05, 0.1) is 0 Å². The van der Waals surface area contributed by atoms with Crippen molar-refractivity contribution in [1.29, 1.82) is 0 Å². The van der Waals surface area contributed by atoms with Gasteiger partial charge in [-0.1, -0.05) is 0 Å². The maximum Gasteiger partial charge on any atom is 0.194 e. The Morgan fingerprint density at radius 1 is 1.14 bits per heavy atom. The Bertz CT molecular complexity index is 625. The molecule has 3 nitrogen and oxygen atoms in total. The molecule has 1 aliphatic rings. The van der Waals surface area contributed by atoms with E-state index in [1.165, 1.54) is 0 Å². The first kappa shape index (κ1) is 15.0. The summed E-state index contributed by atoms with van der Waals surface area (Å²) < 4.78 is 39.8. The Morgan fingerprint density at radius 3 is 2.50 bits per heavy atom. The van der Waals surface area contributed by atoms with Crippen molar-refractivity contribution in [2.45, 2.75) is 12.6 Å². The minimum absolute atomic E-state index is 0.0907. The Morgan fingerprint density at radius 2 is 1.82 bits per heavy atom. The van der Waals surface area contributed by atoms with Gasteiger partial charge in [-0.25, -0.2) is 13.2 Å². The molecule has 1 fully saturated rings. The monoisotopic (exact) mass is 307 g/mol. The van der Waals surface area contributed by atoms with Gasteiger partial charge >= 0.3 is 0 Å². The Kier molecular flexibility index (Phi) is 4.40. The number of halogens is 3. The van der Waals surface area contributed by atoms with Crippen LogP contribution in [0.15, 0.2) is 36.7 Å². The van der Waals surface area contributed by atoms with Crippen LogP contribution in [0.3, 0.4) is 0 Å². The second-order valence-corrected chi connectivity index (χ2v) is 5.34. The molecule has 0 bridgehead atoms. The van der Waals surface area contributed by atoms with Crippen molar-refractivity contribution >= 4 is 0 Å². The minimum Gasteiger partial charge on any atom is -0.314 e.